The normalized spacial score (nSPS) is 19.4. The first-order valence-corrected chi connectivity index (χ1v) is 8.41. The number of nitrogens with two attached hydrogens (primary N) is 1. The molecule has 1 aliphatic rings. The molecule has 0 aromatic rings. The Morgan fingerprint density at radius 1 is 1.33 bits per heavy atom. The van der Waals surface area contributed by atoms with Gasteiger partial charge >= 0.3 is 0 Å². The minimum Gasteiger partial charge on any atom is -0.352 e. The van der Waals surface area contributed by atoms with E-state index in [-0.39, 0.29) is 17.7 Å². The van der Waals surface area contributed by atoms with Crippen LogP contribution in [0.5, 0.6) is 0 Å². The lowest BCUT2D eigenvalue weighted by molar-refractivity contribution is -0.121. The largest absolute Gasteiger partial charge is 0.352 e. The summed E-state index contributed by atoms with van der Waals surface area (Å²) in [4.78, 5) is 11.9. The van der Waals surface area contributed by atoms with Crippen molar-refractivity contribution in [2.75, 3.05) is 12.3 Å². The van der Waals surface area contributed by atoms with Crippen molar-refractivity contribution in [1.82, 2.24) is 5.32 Å². The highest BCUT2D eigenvalue weighted by Gasteiger charge is 2.29. The molecule has 0 heterocycles. The molecular formula is C12H24N2O3S. The van der Waals surface area contributed by atoms with Crippen molar-refractivity contribution in [1.29, 1.82) is 0 Å². The number of rotatable bonds is 6. The summed E-state index contributed by atoms with van der Waals surface area (Å²) in [6.07, 6.45) is 5.75. The Morgan fingerprint density at radius 3 is 2.50 bits per heavy atom. The van der Waals surface area contributed by atoms with E-state index in [4.69, 9.17) is 5.73 Å². The average molecular weight is 276 g/mol. The van der Waals surface area contributed by atoms with E-state index in [1.54, 1.807) is 0 Å². The molecule has 0 bridgehead atoms. The Hall–Kier alpha value is -0.620. The molecule has 1 amide bonds. The first-order valence-electron chi connectivity index (χ1n) is 6.69. The van der Waals surface area contributed by atoms with Gasteiger partial charge in [-0.05, 0) is 32.7 Å². The van der Waals surface area contributed by atoms with Crippen molar-refractivity contribution < 1.29 is 13.2 Å². The minimum absolute atomic E-state index is 0.0112. The molecule has 1 aliphatic carbocycles. The van der Waals surface area contributed by atoms with Gasteiger partial charge in [-0.15, -0.1) is 0 Å². The van der Waals surface area contributed by atoms with Gasteiger partial charge < -0.3 is 11.1 Å². The number of hydrogen-bond donors (Lipinski definition) is 2. The van der Waals surface area contributed by atoms with E-state index in [0.717, 1.165) is 25.7 Å². The van der Waals surface area contributed by atoms with Crippen LogP contribution in [0.3, 0.4) is 0 Å². The van der Waals surface area contributed by atoms with Crippen molar-refractivity contribution >= 4 is 15.7 Å². The van der Waals surface area contributed by atoms with Crippen molar-refractivity contribution in [2.24, 2.45) is 5.73 Å². The smallest absolute Gasteiger partial charge is 0.238 e. The van der Waals surface area contributed by atoms with Crippen molar-refractivity contribution in [2.45, 2.75) is 56.7 Å². The third-order valence-electron chi connectivity index (χ3n) is 3.49. The number of hydrogen-bond acceptors (Lipinski definition) is 4. The highest BCUT2D eigenvalue weighted by Crippen LogP contribution is 2.18. The Bertz CT molecular complexity index is 362. The molecule has 1 rings (SSSR count). The Balaban J connectivity index is 2.49. The van der Waals surface area contributed by atoms with Crippen LogP contribution in [0.2, 0.25) is 0 Å². The Kier molecular flexibility index (Phi) is 6.08. The molecule has 0 aliphatic heterocycles. The maximum absolute atomic E-state index is 11.9. The molecule has 1 fully saturated rings. The SMILES string of the molecule is CC(C(=O)NC1CCCCC1)S(=O)(=O)CCCN. The standard InChI is InChI=1S/C12H24N2O3S/c1-10(18(16,17)9-5-8-13)12(15)14-11-6-3-2-4-7-11/h10-11H,2-9,13H2,1H3,(H,14,15). The van der Waals surface area contributed by atoms with Gasteiger partial charge in [0.25, 0.3) is 0 Å². The van der Waals surface area contributed by atoms with Crippen molar-refractivity contribution in [3.05, 3.63) is 0 Å². The summed E-state index contributed by atoms with van der Waals surface area (Å²) >= 11 is 0. The second-order valence-electron chi connectivity index (χ2n) is 4.99. The Morgan fingerprint density at radius 2 is 1.94 bits per heavy atom. The van der Waals surface area contributed by atoms with Gasteiger partial charge in [0.2, 0.25) is 5.91 Å². The fraction of sp³-hybridized carbons (Fsp3) is 0.917. The molecule has 3 N–H and O–H groups in total. The summed E-state index contributed by atoms with van der Waals surface area (Å²) in [6.45, 7) is 1.79. The minimum atomic E-state index is -3.36. The number of amides is 1. The van der Waals surface area contributed by atoms with Crippen LogP contribution in [-0.4, -0.2) is 37.9 Å². The maximum atomic E-state index is 11.9. The molecule has 0 saturated heterocycles. The second-order valence-corrected chi connectivity index (χ2v) is 7.44. The second kappa shape index (κ2) is 7.09. The number of sulfone groups is 1. The highest BCUT2D eigenvalue weighted by atomic mass is 32.2. The number of carbonyl (C=O) groups is 1. The van der Waals surface area contributed by atoms with E-state index in [1.807, 2.05) is 0 Å². The number of nitrogens with one attached hydrogen (secondary N) is 1. The summed E-state index contributed by atoms with van der Waals surface area (Å²) in [5, 5.41) is 1.89. The number of carbonyl (C=O) groups excluding carboxylic acids is 1. The predicted molar refractivity (Wildman–Crippen MR) is 71.9 cm³/mol. The monoisotopic (exact) mass is 276 g/mol. The lowest BCUT2D eigenvalue weighted by atomic mass is 9.95. The molecule has 5 nitrogen and oxygen atoms in total. The third kappa shape index (κ3) is 4.57. The van der Waals surface area contributed by atoms with E-state index in [2.05, 4.69) is 5.32 Å². The quantitative estimate of drug-likeness (QED) is 0.743. The molecule has 0 spiro atoms. The van der Waals surface area contributed by atoms with Crippen LogP contribution in [0.1, 0.15) is 45.4 Å². The third-order valence-corrected chi connectivity index (χ3v) is 5.64. The molecule has 0 aromatic carbocycles. The average Bonchev–Trinajstić information content (AvgIpc) is 2.36. The van der Waals surface area contributed by atoms with Crippen LogP contribution in [-0.2, 0) is 14.6 Å². The lowest BCUT2D eigenvalue weighted by Gasteiger charge is -2.24. The summed E-state index contributed by atoms with van der Waals surface area (Å²) < 4.78 is 23.7. The van der Waals surface area contributed by atoms with Crippen LogP contribution < -0.4 is 11.1 Å². The van der Waals surface area contributed by atoms with E-state index in [1.165, 1.54) is 13.3 Å². The summed E-state index contributed by atoms with van der Waals surface area (Å²) in [6, 6.07) is 0.151. The van der Waals surface area contributed by atoms with E-state index in [0.29, 0.717) is 13.0 Å². The van der Waals surface area contributed by atoms with E-state index in [9.17, 15) is 13.2 Å². The van der Waals surface area contributed by atoms with Crippen LogP contribution >= 0.6 is 0 Å². The first kappa shape index (κ1) is 15.4. The summed E-state index contributed by atoms with van der Waals surface area (Å²) in [5.41, 5.74) is 5.30. The van der Waals surface area contributed by atoms with Gasteiger partial charge in [0, 0.05) is 6.04 Å². The predicted octanol–water partition coefficient (Wildman–Crippen LogP) is 0.587. The van der Waals surface area contributed by atoms with Crippen LogP contribution in [0.15, 0.2) is 0 Å². The van der Waals surface area contributed by atoms with Gasteiger partial charge in [0.05, 0.1) is 5.75 Å². The van der Waals surface area contributed by atoms with Crippen LogP contribution in [0.25, 0.3) is 0 Å². The molecule has 106 valence electrons. The molecular weight excluding hydrogens is 252 g/mol. The molecule has 1 saturated carbocycles. The molecule has 0 radical (unpaired) electrons. The highest BCUT2D eigenvalue weighted by molar-refractivity contribution is 7.92. The zero-order chi connectivity index (χ0) is 13.6. The molecule has 6 heteroatoms. The van der Waals surface area contributed by atoms with Gasteiger partial charge in [-0.1, -0.05) is 19.3 Å². The first-order chi connectivity index (χ1) is 8.47. The van der Waals surface area contributed by atoms with Crippen LogP contribution in [0.4, 0.5) is 0 Å². The van der Waals surface area contributed by atoms with E-state index < -0.39 is 15.1 Å². The summed E-state index contributed by atoms with van der Waals surface area (Å²) in [7, 11) is -3.36. The molecule has 1 atom stereocenters. The van der Waals surface area contributed by atoms with E-state index >= 15 is 0 Å². The van der Waals surface area contributed by atoms with Gasteiger partial charge in [-0.2, -0.15) is 0 Å². The fourth-order valence-corrected chi connectivity index (χ4v) is 3.51. The van der Waals surface area contributed by atoms with Crippen molar-refractivity contribution in [3.63, 3.8) is 0 Å². The molecule has 1 unspecified atom stereocenters. The maximum Gasteiger partial charge on any atom is 0.238 e. The molecule has 18 heavy (non-hydrogen) atoms. The lowest BCUT2D eigenvalue weighted by Crippen LogP contribution is -2.44. The van der Waals surface area contributed by atoms with Gasteiger partial charge in [0.15, 0.2) is 9.84 Å². The summed E-state index contributed by atoms with van der Waals surface area (Å²) in [5.74, 6) is -0.373. The van der Waals surface area contributed by atoms with Crippen molar-refractivity contribution in [3.8, 4) is 0 Å². The zero-order valence-electron chi connectivity index (χ0n) is 11.0. The van der Waals surface area contributed by atoms with Gasteiger partial charge in [-0.25, -0.2) is 8.42 Å². The molecule has 0 aromatic heterocycles. The topological polar surface area (TPSA) is 89.3 Å². The zero-order valence-corrected chi connectivity index (χ0v) is 11.8. The van der Waals surface area contributed by atoms with Gasteiger partial charge in [-0.3, -0.25) is 4.79 Å². The Labute approximate surface area is 109 Å². The fourth-order valence-electron chi connectivity index (χ4n) is 2.19. The van der Waals surface area contributed by atoms with Crippen LogP contribution in [0, 0.1) is 0 Å². The van der Waals surface area contributed by atoms with Gasteiger partial charge in [0.1, 0.15) is 5.25 Å².